The lowest BCUT2D eigenvalue weighted by molar-refractivity contribution is -0.137. The third kappa shape index (κ3) is 4.39. The number of carbonyl (C=O) groups excluding carboxylic acids is 1. The van der Waals surface area contributed by atoms with Crippen LogP contribution in [0, 0.1) is 0 Å². The second kappa shape index (κ2) is 8.40. The minimum absolute atomic E-state index is 0.107. The minimum atomic E-state index is -4.66. The number of nitrogens with zero attached hydrogens (tertiary/aromatic N) is 1. The summed E-state index contributed by atoms with van der Waals surface area (Å²) < 4.78 is 66.9. The zero-order valence-corrected chi connectivity index (χ0v) is 17.6. The van der Waals surface area contributed by atoms with E-state index in [0.29, 0.717) is 24.2 Å². The Morgan fingerprint density at radius 2 is 1.59 bits per heavy atom. The van der Waals surface area contributed by atoms with Crippen LogP contribution in [-0.4, -0.2) is 25.2 Å². The molecule has 1 heterocycles. The van der Waals surface area contributed by atoms with Crippen LogP contribution in [0.1, 0.15) is 27.0 Å². The van der Waals surface area contributed by atoms with Gasteiger partial charge in [-0.3, -0.25) is 4.79 Å². The van der Waals surface area contributed by atoms with Crippen LogP contribution in [-0.2, 0) is 29.2 Å². The largest absolute Gasteiger partial charge is 0.417 e. The van der Waals surface area contributed by atoms with E-state index in [0.717, 1.165) is 17.7 Å². The van der Waals surface area contributed by atoms with Crippen LogP contribution in [0.4, 0.5) is 18.9 Å². The maximum absolute atomic E-state index is 13.2. The van der Waals surface area contributed by atoms with Crippen LogP contribution in [0.3, 0.4) is 0 Å². The number of carbonyl (C=O) groups is 1. The van der Waals surface area contributed by atoms with Gasteiger partial charge >= 0.3 is 6.18 Å². The zero-order chi connectivity index (χ0) is 22.9. The number of fused-ring (bicyclic) bond motifs is 1. The highest BCUT2D eigenvalue weighted by Gasteiger charge is 2.35. The predicted octanol–water partition coefficient (Wildman–Crippen LogP) is 4.70. The number of hydrogen-bond acceptors (Lipinski definition) is 3. The summed E-state index contributed by atoms with van der Waals surface area (Å²) in [6.07, 6.45) is -4.16. The lowest BCUT2D eigenvalue weighted by Crippen LogP contribution is -2.36. The highest BCUT2D eigenvalue weighted by atomic mass is 32.2. The van der Waals surface area contributed by atoms with Crippen LogP contribution in [0.2, 0.25) is 0 Å². The molecule has 1 aliphatic heterocycles. The summed E-state index contributed by atoms with van der Waals surface area (Å²) in [6, 6.07) is 17.6. The lowest BCUT2D eigenvalue weighted by atomic mass is 10.00. The molecule has 4 rings (SSSR count). The van der Waals surface area contributed by atoms with Crippen molar-refractivity contribution in [2.24, 2.45) is 0 Å². The number of benzene rings is 3. The first kappa shape index (κ1) is 22.0. The van der Waals surface area contributed by atoms with E-state index in [9.17, 15) is 26.4 Å². The molecule has 0 fully saturated rings. The normalized spacial score (nSPS) is 14.6. The quantitative estimate of drug-likeness (QED) is 0.614. The molecule has 0 spiro atoms. The molecule has 0 radical (unpaired) electrons. The summed E-state index contributed by atoms with van der Waals surface area (Å²) in [5.41, 5.74) is 0.419. The molecule has 0 aliphatic carbocycles. The van der Waals surface area contributed by atoms with Gasteiger partial charge in [-0.1, -0.05) is 36.4 Å². The van der Waals surface area contributed by atoms with Gasteiger partial charge in [0.1, 0.15) is 0 Å². The average molecular weight is 460 g/mol. The molecule has 0 atom stereocenters. The third-order valence-corrected chi connectivity index (χ3v) is 7.16. The van der Waals surface area contributed by atoms with E-state index in [1.54, 1.807) is 36.4 Å². The molecule has 0 unspecified atom stereocenters. The number of anilines is 1. The number of halogens is 3. The Labute approximate surface area is 183 Å². The van der Waals surface area contributed by atoms with Gasteiger partial charge in [-0.2, -0.15) is 17.5 Å². The summed E-state index contributed by atoms with van der Waals surface area (Å²) in [6.45, 7) is 0.421. The Morgan fingerprint density at radius 1 is 0.906 bits per heavy atom. The minimum Gasteiger partial charge on any atom is -0.322 e. The van der Waals surface area contributed by atoms with Crippen molar-refractivity contribution in [3.05, 3.63) is 95.1 Å². The molecule has 0 saturated heterocycles. The third-order valence-electron chi connectivity index (χ3n) is 5.30. The fourth-order valence-corrected chi connectivity index (χ4v) is 5.12. The second-order valence-electron chi connectivity index (χ2n) is 7.38. The van der Waals surface area contributed by atoms with Crippen molar-refractivity contribution < 1.29 is 26.4 Å². The van der Waals surface area contributed by atoms with Crippen LogP contribution in [0.25, 0.3) is 0 Å². The zero-order valence-electron chi connectivity index (χ0n) is 16.8. The molecule has 5 nitrogen and oxygen atoms in total. The van der Waals surface area contributed by atoms with Crippen molar-refractivity contribution >= 4 is 21.6 Å². The molecule has 3 aromatic rings. The summed E-state index contributed by atoms with van der Waals surface area (Å²) in [4.78, 5) is 12.7. The molecule has 1 aliphatic rings. The lowest BCUT2D eigenvalue weighted by Gasteiger charge is -2.28. The van der Waals surface area contributed by atoms with E-state index in [1.165, 1.54) is 28.6 Å². The highest BCUT2D eigenvalue weighted by molar-refractivity contribution is 7.89. The van der Waals surface area contributed by atoms with Crippen molar-refractivity contribution in [1.82, 2.24) is 4.31 Å². The first-order chi connectivity index (χ1) is 15.2. The van der Waals surface area contributed by atoms with E-state index in [4.69, 9.17) is 0 Å². The molecule has 1 amide bonds. The molecule has 166 valence electrons. The maximum atomic E-state index is 13.2. The van der Waals surface area contributed by atoms with Crippen LogP contribution in [0.5, 0.6) is 0 Å². The summed E-state index contributed by atoms with van der Waals surface area (Å²) in [5.74, 6) is -0.887. The standard InChI is InChI=1S/C23H19F3N2O3S/c24-23(25,26)21-9-5-4-8-20(21)22(29)27-18-11-10-16-12-13-28(15-17(16)14-18)32(30,31)19-6-2-1-3-7-19/h1-11,14H,12-13,15H2,(H,27,29). The van der Waals surface area contributed by atoms with Gasteiger partial charge < -0.3 is 5.32 Å². The first-order valence-electron chi connectivity index (χ1n) is 9.81. The number of sulfonamides is 1. The Kier molecular flexibility index (Phi) is 5.79. The van der Waals surface area contributed by atoms with Crippen LogP contribution < -0.4 is 5.32 Å². The van der Waals surface area contributed by atoms with Crippen molar-refractivity contribution in [3.8, 4) is 0 Å². The van der Waals surface area contributed by atoms with Crippen LogP contribution >= 0.6 is 0 Å². The summed E-state index contributed by atoms with van der Waals surface area (Å²) >= 11 is 0. The van der Waals surface area contributed by atoms with Gasteiger partial charge in [0.15, 0.2) is 0 Å². The Morgan fingerprint density at radius 3 is 2.31 bits per heavy atom. The Balaban J connectivity index is 1.57. The summed E-state index contributed by atoms with van der Waals surface area (Å²) in [7, 11) is -3.68. The number of amides is 1. The van der Waals surface area contributed by atoms with Crippen molar-refractivity contribution in [1.29, 1.82) is 0 Å². The molecule has 0 saturated carbocycles. The fourth-order valence-electron chi connectivity index (χ4n) is 3.68. The van der Waals surface area contributed by atoms with E-state index in [2.05, 4.69) is 5.32 Å². The molecule has 32 heavy (non-hydrogen) atoms. The number of nitrogens with one attached hydrogen (secondary N) is 1. The van der Waals surface area contributed by atoms with Crippen molar-refractivity contribution in [2.45, 2.75) is 24.0 Å². The van der Waals surface area contributed by atoms with Gasteiger partial charge in [0.2, 0.25) is 10.0 Å². The van der Waals surface area contributed by atoms with Gasteiger partial charge in [0, 0.05) is 18.8 Å². The predicted molar refractivity (Wildman–Crippen MR) is 114 cm³/mol. The molecule has 0 aromatic heterocycles. The number of rotatable bonds is 4. The first-order valence-corrected chi connectivity index (χ1v) is 11.2. The summed E-state index contributed by atoms with van der Waals surface area (Å²) in [5, 5.41) is 2.50. The van der Waals surface area contributed by atoms with E-state index >= 15 is 0 Å². The van der Waals surface area contributed by atoms with Gasteiger partial charge in [0.05, 0.1) is 16.0 Å². The van der Waals surface area contributed by atoms with Crippen molar-refractivity contribution in [3.63, 3.8) is 0 Å². The molecular formula is C23H19F3N2O3S. The van der Waals surface area contributed by atoms with Gasteiger partial charge in [-0.05, 0) is 53.9 Å². The van der Waals surface area contributed by atoms with Crippen LogP contribution in [0.15, 0.2) is 77.7 Å². The number of hydrogen-bond donors (Lipinski definition) is 1. The van der Waals surface area contributed by atoms with Gasteiger partial charge in [0.25, 0.3) is 5.91 Å². The Hall–Kier alpha value is -3.17. The van der Waals surface area contributed by atoms with E-state index < -0.39 is 33.2 Å². The maximum Gasteiger partial charge on any atom is 0.417 e. The molecule has 0 bridgehead atoms. The monoisotopic (exact) mass is 460 g/mol. The van der Waals surface area contributed by atoms with Gasteiger partial charge in [-0.15, -0.1) is 0 Å². The average Bonchev–Trinajstić information content (AvgIpc) is 2.78. The highest BCUT2D eigenvalue weighted by Crippen LogP contribution is 2.32. The SMILES string of the molecule is O=C(Nc1ccc2c(c1)CN(S(=O)(=O)c1ccccc1)CC2)c1ccccc1C(F)(F)F. The molecule has 1 N–H and O–H groups in total. The van der Waals surface area contributed by atoms with E-state index in [-0.39, 0.29) is 11.4 Å². The number of alkyl halides is 3. The Bertz CT molecular complexity index is 1260. The topological polar surface area (TPSA) is 66.5 Å². The molecule has 9 heteroatoms. The van der Waals surface area contributed by atoms with Gasteiger partial charge in [-0.25, -0.2) is 8.42 Å². The smallest absolute Gasteiger partial charge is 0.322 e. The fraction of sp³-hybridized carbons (Fsp3) is 0.174. The molecule has 3 aromatic carbocycles. The second-order valence-corrected chi connectivity index (χ2v) is 9.32. The van der Waals surface area contributed by atoms with Crippen molar-refractivity contribution in [2.75, 3.05) is 11.9 Å². The molecular weight excluding hydrogens is 441 g/mol. The van der Waals surface area contributed by atoms with E-state index in [1.807, 2.05) is 0 Å².